The number of carboxylic acid groups (broad SMARTS) is 2. The van der Waals surface area contributed by atoms with Crippen LogP contribution in [0.5, 0.6) is 0 Å². The summed E-state index contributed by atoms with van der Waals surface area (Å²) in [6.45, 7) is 4.38. The maximum absolute atomic E-state index is 10.0. The average Bonchev–Trinajstić information content (AvgIpc) is 2.53. The van der Waals surface area contributed by atoms with Crippen LogP contribution in [0, 0.1) is 0 Å². The summed E-state index contributed by atoms with van der Waals surface area (Å²) in [6.07, 6.45) is 16.7. The van der Waals surface area contributed by atoms with Gasteiger partial charge in [-0.3, -0.25) is 0 Å². The van der Waals surface area contributed by atoms with Gasteiger partial charge in [0, 0.05) is 11.9 Å². The number of rotatable bonds is 16. The van der Waals surface area contributed by atoms with Gasteiger partial charge in [-0.15, -0.1) is 0 Å². The molecule has 0 aliphatic rings. The Hall–Kier alpha value is -0.541. The fourth-order valence-electron chi connectivity index (χ4n) is 2.45. The Morgan fingerprint density at radius 1 is 0.520 bits per heavy atom. The Bertz CT molecular complexity index is 255. The first-order valence-electron chi connectivity index (χ1n) is 9.94. The summed E-state index contributed by atoms with van der Waals surface area (Å²) >= 11 is 0. The molecule has 0 aliphatic carbocycles. The van der Waals surface area contributed by atoms with Gasteiger partial charge in [-0.1, -0.05) is 90.9 Å². The van der Waals surface area contributed by atoms with Crippen molar-refractivity contribution in [1.82, 2.24) is 0 Å². The van der Waals surface area contributed by atoms with Crippen molar-refractivity contribution in [2.45, 2.75) is 117 Å². The van der Waals surface area contributed by atoms with Gasteiger partial charge in [-0.2, -0.15) is 0 Å². The number of carbonyl (C=O) groups is 2. The van der Waals surface area contributed by atoms with E-state index in [9.17, 15) is 19.8 Å². The molecule has 0 saturated heterocycles. The average molecular weight is 397 g/mol. The molecule has 0 aromatic heterocycles. The number of carboxylic acids is 2. The smallest absolute Gasteiger partial charge is 0.550 e. The number of unbranched alkanes of at least 4 members (excludes halogenated alkanes) is 12. The van der Waals surface area contributed by atoms with Gasteiger partial charge >= 0.3 is 17.1 Å². The van der Waals surface area contributed by atoms with Crippen molar-refractivity contribution in [3.8, 4) is 0 Å². The first-order chi connectivity index (χ1) is 11.5. The molecule has 0 saturated carbocycles. The molecule has 4 nitrogen and oxygen atoms in total. The van der Waals surface area contributed by atoms with Gasteiger partial charge in [0.05, 0.1) is 0 Å². The van der Waals surface area contributed by atoms with Crippen molar-refractivity contribution in [3.05, 3.63) is 0 Å². The molecule has 0 bridgehead atoms. The van der Waals surface area contributed by atoms with E-state index in [0.29, 0.717) is 0 Å². The molecular weight excluding hydrogens is 359 g/mol. The molecule has 0 atom stereocenters. The minimum atomic E-state index is -0.913. The summed E-state index contributed by atoms with van der Waals surface area (Å²) in [6, 6.07) is 0. The van der Waals surface area contributed by atoms with Crippen LogP contribution in [0.15, 0.2) is 0 Å². The molecular formula is C20H38MnO4. The standard InChI is InChI=1S/2C10H20O2.Mn/c2*1-2-3-4-5-6-7-8-9-10(11)12;/h2*2-9H2,1H3,(H,11,12);/q;;+2/p-2. The van der Waals surface area contributed by atoms with Gasteiger partial charge in [-0.05, 0) is 25.7 Å². The molecule has 0 N–H and O–H groups in total. The number of aliphatic carboxylic acids is 2. The third kappa shape index (κ3) is 35.4. The van der Waals surface area contributed by atoms with Crippen molar-refractivity contribution in [1.29, 1.82) is 0 Å². The Morgan fingerprint density at radius 2 is 0.760 bits per heavy atom. The van der Waals surface area contributed by atoms with Crippen LogP contribution in [0.3, 0.4) is 0 Å². The molecule has 0 aromatic rings. The van der Waals surface area contributed by atoms with Gasteiger partial charge in [0.25, 0.3) is 0 Å². The maximum atomic E-state index is 10.0. The van der Waals surface area contributed by atoms with E-state index in [4.69, 9.17) is 0 Å². The predicted molar refractivity (Wildman–Crippen MR) is 95.2 cm³/mol. The number of hydrogen-bond acceptors (Lipinski definition) is 4. The molecule has 0 heterocycles. The van der Waals surface area contributed by atoms with E-state index in [1.807, 2.05) is 0 Å². The van der Waals surface area contributed by atoms with E-state index in [-0.39, 0.29) is 29.9 Å². The summed E-state index contributed by atoms with van der Waals surface area (Å²) in [7, 11) is 0. The quantitative estimate of drug-likeness (QED) is 0.293. The van der Waals surface area contributed by atoms with Gasteiger partial charge in [-0.25, -0.2) is 0 Å². The van der Waals surface area contributed by atoms with Gasteiger partial charge in [0.15, 0.2) is 0 Å². The van der Waals surface area contributed by atoms with Crippen molar-refractivity contribution >= 4 is 11.9 Å². The molecule has 0 spiro atoms. The van der Waals surface area contributed by atoms with E-state index in [1.54, 1.807) is 0 Å². The summed E-state index contributed by atoms with van der Waals surface area (Å²) in [5, 5.41) is 20.0. The Labute approximate surface area is 165 Å². The summed E-state index contributed by atoms with van der Waals surface area (Å²) < 4.78 is 0. The van der Waals surface area contributed by atoms with Crippen LogP contribution in [-0.2, 0) is 26.7 Å². The van der Waals surface area contributed by atoms with Crippen LogP contribution < -0.4 is 10.2 Å². The maximum Gasteiger partial charge on any atom is 2.00 e. The fraction of sp³-hybridized carbons (Fsp3) is 0.900. The van der Waals surface area contributed by atoms with E-state index in [1.165, 1.54) is 64.2 Å². The monoisotopic (exact) mass is 397 g/mol. The van der Waals surface area contributed by atoms with E-state index in [0.717, 1.165) is 25.7 Å². The molecule has 0 fully saturated rings. The fourth-order valence-corrected chi connectivity index (χ4v) is 2.45. The van der Waals surface area contributed by atoms with Crippen molar-refractivity contribution < 1.29 is 36.9 Å². The second kappa shape index (κ2) is 25.7. The van der Waals surface area contributed by atoms with Gasteiger partial charge in [0.1, 0.15) is 0 Å². The van der Waals surface area contributed by atoms with Crippen molar-refractivity contribution in [2.75, 3.05) is 0 Å². The minimum Gasteiger partial charge on any atom is -0.550 e. The topological polar surface area (TPSA) is 80.3 Å². The first-order valence-corrected chi connectivity index (χ1v) is 9.94. The minimum absolute atomic E-state index is 0. The third-order valence-electron chi connectivity index (χ3n) is 3.97. The molecule has 0 aliphatic heterocycles. The van der Waals surface area contributed by atoms with Crippen molar-refractivity contribution in [3.63, 3.8) is 0 Å². The second-order valence-electron chi connectivity index (χ2n) is 6.49. The molecule has 25 heavy (non-hydrogen) atoms. The zero-order valence-corrected chi connectivity index (χ0v) is 17.5. The molecule has 0 unspecified atom stereocenters. The molecule has 0 amide bonds. The van der Waals surface area contributed by atoms with Crippen LogP contribution >= 0.6 is 0 Å². The van der Waals surface area contributed by atoms with Crippen LogP contribution in [0.4, 0.5) is 0 Å². The zero-order valence-electron chi connectivity index (χ0n) is 16.3. The first kappa shape index (κ1) is 29.2. The molecule has 0 aromatic carbocycles. The second-order valence-corrected chi connectivity index (χ2v) is 6.49. The summed E-state index contributed by atoms with van der Waals surface area (Å²) in [4.78, 5) is 20.0. The molecule has 5 heteroatoms. The molecule has 149 valence electrons. The molecule has 1 radical (unpaired) electrons. The van der Waals surface area contributed by atoms with Crippen LogP contribution in [-0.4, -0.2) is 11.9 Å². The van der Waals surface area contributed by atoms with E-state index >= 15 is 0 Å². The van der Waals surface area contributed by atoms with Crippen molar-refractivity contribution in [2.24, 2.45) is 0 Å². The Morgan fingerprint density at radius 3 is 1.00 bits per heavy atom. The predicted octanol–water partition coefficient (Wildman–Crippen LogP) is 3.75. The Kier molecular flexibility index (Phi) is 30.0. The van der Waals surface area contributed by atoms with E-state index in [2.05, 4.69) is 13.8 Å². The van der Waals surface area contributed by atoms with Crippen LogP contribution in [0.1, 0.15) is 117 Å². The SMILES string of the molecule is CCCCCCCCCC(=O)[O-].CCCCCCCCCC(=O)[O-].[Mn+2]. The van der Waals surface area contributed by atoms with Crippen LogP contribution in [0.25, 0.3) is 0 Å². The normalized spacial score (nSPS) is 9.68. The number of carbonyl (C=O) groups excluding carboxylic acids is 2. The Balaban J connectivity index is -0.000000372. The zero-order chi connectivity index (χ0) is 18.5. The van der Waals surface area contributed by atoms with Gasteiger partial charge < -0.3 is 19.8 Å². The van der Waals surface area contributed by atoms with Gasteiger partial charge in [0.2, 0.25) is 0 Å². The number of hydrogen-bond donors (Lipinski definition) is 0. The molecule has 0 rings (SSSR count). The summed E-state index contributed by atoms with van der Waals surface area (Å²) in [5.74, 6) is -1.83. The third-order valence-corrected chi connectivity index (χ3v) is 3.97. The summed E-state index contributed by atoms with van der Waals surface area (Å²) in [5.41, 5.74) is 0. The van der Waals surface area contributed by atoms with Crippen LogP contribution in [0.2, 0.25) is 0 Å². The largest absolute Gasteiger partial charge is 2.00 e. The van der Waals surface area contributed by atoms with E-state index < -0.39 is 11.9 Å².